The van der Waals surface area contributed by atoms with E-state index in [0.717, 1.165) is 12.5 Å². The number of likely N-dealkylation sites (N-methyl/N-ethyl adjacent to an activating group) is 1. The highest BCUT2D eigenvalue weighted by Crippen LogP contribution is 2.25. The molecule has 0 aromatic carbocycles. The molecule has 2 heterocycles. The Morgan fingerprint density at radius 1 is 1.31 bits per heavy atom. The van der Waals surface area contributed by atoms with Crippen molar-refractivity contribution in [2.24, 2.45) is 5.92 Å². The maximum Gasteiger partial charge on any atom is 0.119 e. The minimum atomic E-state index is 0.550. The summed E-state index contributed by atoms with van der Waals surface area (Å²) in [5.74, 6) is 0.729. The van der Waals surface area contributed by atoms with Crippen LogP contribution in [0.25, 0.3) is 0 Å². The van der Waals surface area contributed by atoms with Crippen LogP contribution in [-0.2, 0) is 0 Å². The summed E-state index contributed by atoms with van der Waals surface area (Å²) in [6.07, 6.45) is 4.90. The lowest BCUT2D eigenvalue weighted by Gasteiger charge is -2.35. The molecule has 72 valence electrons. The summed E-state index contributed by atoms with van der Waals surface area (Å²) in [6.45, 7) is 4.62. The lowest BCUT2D eigenvalue weighted by molar-refractivity contribution is 0.158. The number of piperidine rings is 1. The highest BCUT2D eigenvalue weighted by Gasteiger charge is 2.25. The topological polar surface area (TPSA) is 34.0 Å². The van der Waals surface area contributed by atoms with Crippen molar-refractivity contribution in [3.8, 4) is 0 Å². The van der Waals surface area contributed by atoms with Gasteiger partial charge in [-0.25, -0.2) is 0 Å². The standard InChI is InChI=1S/C9H16N4/c1-8-3-4-12(2)5-9(8)13-6-10-11-7-13/h6-9H,3-5H2,1-2H3. The maximum atomic E-state index is 3.85. The fraction of sp³-hybridized carbons (Fsp3) is 0.778. The second-order valence-electron chi connectivity index (χ2n) is 4.00. The van der Waals surface area contributed by atoms with Crippen molar-refractivity contribution in [3.63, 3.8) is 0 Å². The van der Waals surface area contributed by atoms with Gasteiger partial charge in [-0.05, 0) is 25.9 Å². The number of rotatable bonds is 1. The van der Waals surface area contributed by atoms with Gasteiger partial charge in [-0.2, -0.15) is 0 Å². The Morgan fingerprint density at radius 3 is 2.69 bits per heavy atom. The van der Waals surface area contributed by atoms with Crippen LogP contribution in [0, 0.1) is 5.92 Å². The van der Waals surface area contributed by atoms with Crippen molar-refractivity contribution in [2.75, 3.05) is 20.1 Å². The molecule has 1 aliphatic heterocycles. The second-order valence-corrected chi connectivity index (χ2v) is 4.00. The summed E-state index contributed by atoms with van der Waals surface area (Å²) in [5, 5.41) is 7.70. The van der Waals surface area contributed by atoms with Gasteiger partial charge in [0.25, 0.3) is 0 Å². The molecule has 1 aromatic heterocycles. The van der Waals surface area contributed by atoms with E-state index in [9.17, 15) is 0 Å². The number of aromatic nitrogens is 3. The molecular formula is C9H16N4. The predicted molar refractivity (Wildman–Crippen MR) is 50.3 cm³/mol. The van der Waals surface area contributed by atoms with Crippen molar-refractivity contribution in [3.05, 3.63) is 12.7 Å². The summed E-state index contributed by atoms with van der Waals surface area (Å²) in [4.78, 5) is 2.37. The summed E-state index contributed by atoms with van der Waals surface area (Å²) in [5.41, 5.74) is 0. The van der Waals surface area contributed by atoms with Gasteiger partial charge in [-0.15, -0.1) is 10.2 Å². The molecule has 1 aromatic rings. The van der Waals surface area contributed by atoms with Crippen LogP contribution in [0.5, 0.6) is 0 Å². The molecule has 2 rings (SSSR count). The van der Waals surface area contributed by atoms with Gasteiger partial charge in [-0.3, -0.25) is 0 Å². The Hall–Kier alpha value is -0.900. The van der Waals surface area contributed by atoms with E-state index in [1.165, 1.54) is 13.0 Å². The van der Waals surface area contributed by atoms with E-state index in [4.69, 9.17) is 0 Å². The first-order chi connectivity index (χ1) is 6.27. The summed E-state index contributed by atoms with van der Waals surface area (Å²) < 4.78 is 2.13. The molecule has 2 atom stereocenters. The molecule has 0 saturated carbocycles. The van der Waals surface area contributed by atoms with E-state index in [0.29, 0.717) is 6.04 Å². The number of hydrogen-bond donors (Lipinski definition) is 0. The van der Waals surface area contributed by atoms with Crippen LogP contribution in [0.2, 0.25) is 0 Å². The molecule has 0 spiro atoms. The quantitative estimate of drug-likeness (QED) is 0.640. The van der Waals surface area contributed by atoms with E-state index in [1.54, 1.807) is 0 Å². The van der Waals surface area contributed by atoms with Gasteiger partial charge in [0.1, 0.15) is 12.7 Å². The average Bonchev–Trinajstić information content (AvgIpc) is 2.61. The fourth-order valence-electron chi connectivity index (χ4n) is 1.98. The molecule has 0 amide bonds. The van der Waals surface area contributed by atoms with Crippen molar-refractivity contribution in [1.29, 1.82) is 0 Å². The van der Waals surface area contributed by atoms with Crippen LogP contribution in [-0.4, -0.2) is 39.8 Å². The first-order valence-electron chi connectivity index (χ1n) is 4.80. The summed E-state index contributed by atoms with van der Waals surface area (Å²) in [7, 11) is 2.17. The van der Waals surface area contributed by atoms with Crippen LogP contribution >= 0.6 is 0 Å². The third-order valence-corrected chi connectivity index (χ3v) is 2.94. The number of hydrogen-bond acceptors (Lipinski definition) is 3. The van der Waals surface area contributed by atoms with Gasteiger partial charge in [0.15, 0.2) is 0 Å². The Morgan fingerprint density at radius 2 is 2.00 bits per heavy atom. The first-order valence-corrected chi connectivity index (χ1v) is 4.80. The number of likely N-dealkylation sites (tertiary alicyclic amines) is 1. The van der Waals surface area contributed by atoms with Gasteiger partial charge in [0, 0.05) is 6.54 Å². The van der Waals surface area contributed by atoms with Crippen molar-refractivity contribution >= 4 is 0 Å². The smallest absolute Gasteiger partial charge is 0.119 e. The third-order valence-electron chi connectivity index (χ3n) is 2.94. The number of nitrogens with zero attached hydrogens (tertiary/aromatic N) is 4. The molecular weight excluding hydrogens is 164 g/mol. The highest BCUT2D eigenvalue weighted by atomic mass is 15.3. The normalized spacial score (nSPS) is 30.6. The molecule has 0 radical (unpaired) electrons. The third kappa shape index (κ3) is 1.72. The maximum absolute atomic E-state index is 3.85. The molecule has 0 bridgehead atoms. The van der Waals surface area contributed by atoms with Gasteiger partial charge < -0.3 is 9.47 Å². The molecule has 1 fully saturated rings. The van der Waals surface area contributed by atoms with Crippen molar-refractivity contribution < 1.29 is 0 Å². The predicted octanol–water partition coefficient (Wildman–Crippen LogP) is 0.791. The summed E-state index contributed by atoms with van der Waals surface area (Å²) >= 11 is 0. The Bertz CT molecular complexity index is 257. The summed E-state index contributed by atoms with van der Waals surface area (Å²) in [6, 6.07) is 0.550. The van der Waals surface area contributed by atoms with Gasteiger partial charge in [0.2, 0.25) is 0 Å². The highest BCUT2D eigenvalue weighted by molar-refractivity contribution is 4.83. The zero-order valence-corrected chi connectivity index (χ0v) is 8.22. The van der Waals surface area contributed by atoms with Crippen molar-refractivity contribution in [2.45, 2.75) is 19.4 Å². The van der Waals surface area contributed by atoms with E-state index >= 15 is 0 Å². The molecule has 0 N–H and O–H groups in total. The van der Waals surface area contributed by atoms with Crippen LogP contribution in [0.3, 0.4) is 0 Å². The molecule has 4 heteroatoms. The molecule has 0 aliphatic carbocycles. The molecule has 13 heavy (non-hydrogen) atoms. The zero-order chi connectivity index (χ0) is 9.26. The SMILES string of the molecule is CC1CCN(C)CC1n1cnnc1. The minimum absolute atomic E-state index is 0.550. The Kier molecular flexibility index (Phi) is 2.31. The average molecular weight is 180 g/mol. The second kappa shape index (κ2) is 3.46. The van der Waals surface area contributed by atoms with E-state index in [-0.39, 0.29) is 0 Å². The fourth-order valence-corrected chi connectivity index (χ4v) is 1.98. The van der Waals surface area contributed by atoms with Crippen LogP contribution in [0.4, 0.5) is 0 Å². The molecule has 4 nitrogen and oxygen atoms in total. The molecule has 1 saturated heterocycles. The van der Waals surface area contributed by atoms with E-state index in [1.807, 2.05) is 12.7 Å². The van der Waals surface area contributed by atoms with Gasteiger partial charge in [0.05, 0.1) is 6.04 Å². The van der Waals surface area contributed by atoms with Crippen LogP contribution in [0.15, 0.2) is 12.7 Å². The Balaban J connectivity index is 2.12. The monoisotopic (exact) mass is 180 g/mol. The van der Waals surface area contributed by atoms with Gasteiger partial charge >= 0.3 is 0 Å². The minimum Gasteiger partial charge on any atom is -0.316 e. The van der Waals surface area contributed by atoms with Crippen molar-refractivity contribution in [1.82, 2.24) is 19.7 Å². The van der Waals surface area contributed by atoms with Crippen LogP contribution < -0.4 is 0 Å². The lowest BCUT2D eigenvalue weighted by atomic mass is 9.94. The lowest BCUT2D eigenvalue weighted by Crippen LogP contribution is -2.38. The van der Waals surface area contributed by atoms with Crippen LogP contribution in [0.1, 0.15) is 19.4 Å². The van der Waals surface area contributed by atoms with E-state index < -0.39 is 0 Å². The largest absolute Gasteiger partial charge is 0.316 e. The Labute approximate surface area is 78.6 Å². The zero-order valence-electron chi connectivity index (χ0n) is 8.22. The first kappa shape index (κ1) is 8.69. The molecule has 2 unspecified atom stereocenters. The molecule has 1 aliphatic rings. The van der Waals surface area contributed by atoms with Gasteiger partial charge in [-0.1, -0.05) is 6.92 Å². The van der Waals surface area contributed by atoms with E-state index in [2.05, 4.69) is 33.6 Å².